The van der Waals surface area contributed by atoms with Gasteiger partial charge in [-0.1, -0.05) is 26.0 Å². The summed E-state index contributed by atoms with van der Waals surface area (Å²) >= 11 is 0. The second-order valence-electron chi connectivity index (χ2n) is 5.54. The van der Waals surface area contributed by atoms with Gasteiger partial charge in [0.15, 0.2) is 0 Å². The van der Waals surface area contributed by atoms with Gasteiger partial charge < -0.3 is 5.32 Å². The summed E-state index contributed by atoms with van der Waals surface area (Å²) in [6.45, 7) is 5.82. The quantitative estimate of drug-likeness (QED) is 0.854. The third-order valence-electron chi connectivity index (χ3n) is 3.87. The van der Waals surface area contributed by atoms with Crippen molar-refractivity contribution in [3.8, 4) is 0 Å². The molecule has 134 valence electrons. The predicted molar refractivity (Wildman–Crippen MR) is 95.6 cm³/mol. The van der Waals surface area contributed by atoms with E-state index in [1.807, 2.05) is 0 Å². The SMILES string of the molecule is CCN(CC)S(=O)(=O)c1cccc(C(=O)Nc2ccc(C)c(F)c2)c1. The number of anilines is 1. The van der Waals surface area contributed by atoms with E-state index in [1.165, 1.54) is 34.6 Å². The van der Waals surface area contributed by atoms with Crippen LogP contribution in [0.25, 0.3) is 0 Å². The molecule has 1 amide bonds. The van der Waals surface area contributed by atoms with Crippen molar-refractivity contribution in [2.24, 2.45) is 0 Å². The lowest BCUT2D eigenvalue weighted by Gasteiger charge is -2.18. The maximum absolute atomic E-state index is 13.6. The predicted octanol–water partition coefficient (Wildman–Crippen LogP) is 3.42. The zero-order valence-corrected chi connectivity index (χ0v) is 15.2. The highest BCUT2D eigenvalue weighted by Gasteiger charge is 2.22. The van der Waals surface area contributed by atoms with Crippen LogP contribution in [-0.2, 0) is 10.0 Å². The van der Waals surface area contributed by atoms with E-state index >= 15 is 0 Å². The number of sulfonamides is 1. The van der Waals surface area contributed by atoms with Crippen LogP contribution in [0.3, 0.4) is 0 Å². The Morgan fingerprint density at radius 3 is 2.40 bits per heavy atom. The molecule has 0 unspecified atom stereocenters. The minimum Gasteiger partial charge on any atom is -0.322 e. The molecule has 0 saturated heterocycles. The average Bonchev–Trinajstić information content (AvgIpc) is 2.59. The zero-order valence-electron chi connectivity index (χ0n) is 14.4. The van der Waals surface area contributed by atoms with E-state index in [0.717, 1.165) is 0 Å². The summed E-state index contributed by atoms with van der Waals surface area (Å²) in [5, 5.41) is 2.57. The molecule has 0 bridgehead atoms. The van der Waals surface area contributed by atoms with Crippen LogP contribution in [0, 0.1) is 12.7 Å². The van der Waals surface area contributed by atoms with E-state index in [9.17, 15) is 17.6 Å². The molecule has 2 rings (SSSR count). The highest BCUT2D eigenvalue weighted by atomic mass is 32.2. The van der Waals surface area contributed by atoms with Gasteiger partial charge in [0.2, 0.25) is 10.0 Å². The number of hydrogen-bond donors (Lipinski definition) is 1. The number of carbonyl (C=O) groups excluding carboxylic acids is 1. The Labute approximate surface area is 147 Å². The fraction of sp³-hybridized carbons (Fsp3) is 0.278. The largest absolute Gasteiger partial charge is 0.322 e. The normalized spacial score (nSPS) is 11.6. The van der Waals surface area contributed by atoms with Crippen LogP contribution in [0.1, 0.15) is 29.8 Å². The standard InChI is InChI=1S/C18H21FN2O3S/c1-4-21(5-2)25(23,24)16-8-6-7-14(11-16)18(22)20-15-10-9-13(3)17(19)12-15/h6-12H,4-5H2,1-3H3,(H,20,22). The second-order valence-corrected chi connectivity index (χ2v) is 7.47. The average molecular weight is 364 g/mol. The molecule has 25 heavy (non-hydrogen) atoms. The van der Waals surface area contributed by atoms with Crippen LogP contribution in [0.15, 0.2) is 47.4 Å². The summed E-state index contributed by atoms with van der Waals surface area (Å²) in [5.41, 5.74) is 0.977. The molecule has 0 aliphatic heterocycles. The Kier molecular flexibility index (Phi) is 5.92. The fourth-order valence-corrected chi connectivity index (χ4v) is 3.89. The molecule has 0 heterocycles. The van der Waals surface area contributed by atoms with Gasteiger partial charge in [-0.05, 0) is 42.8 Å². The smallest absolute Gasteiger partial charge is 0.255 e. The molecule has 5 nitrogen and oxygen atoms in total. The number of carbonyl (C=O) groups is 1. The van der Waals surface area contributed by atoms with Crippen molar-refractivity contribution in [3.05, 3.63) is 59.4 Å². The lowest BCUT2D eigenvalue weighted by atomic mass is 10.2. The number of nitrogens with one attached hydrogen (secondary N) is 1. The summed E-state index contributed by atoms with van der Waals surface area (Å²) in [6, 6.07) is 10.2. The van der Waals surface area contributed by atoms with Crippen molar-refractivity contribution in [1.29, 1.82) is 0 Å². The van der Waals surface area contributed by atoms with E-state index < -0.39 is 21.7 Å². The molecule has 0 aromatic heterocycles. The molecule has 2 aromatic carbocycles. The van der Waals surface area contributed by atoms with Gasteiger partial charge in [-0.2, -0.15) is 4.31 Å². The van der Waals surface area contributed by atoms with Crippen molar-refractivity contribution in [2.75, 3.05) is 18.4 Å². The number of nitrogens with zero attached hydrogens (tertiary/aromatic N) is 1. The van der Waals surface area contributed by atoms with Gasteiger partial charge in [0.25, 0.3) is 5.91 Å². The van der Waals surface area contributed by atoms with Gasteiger partial charge >= 0.3 is 0 Å². The van der Waals surface area contributed by atoms with Gasteiger partial charge in [-0.3, -0.25) is 4.79 Å². The van der Waals surface area contributed by atoms with Crippen LogP contribution in [0.2, 0.25) is 0 Å². The topological polar surface area (TPSA) is 66.5 Å². The molecular weight excluding hydrogens is 343 g/mol. The number of amides is 1. The van der Waals surface area contributed by atoms with E-state index in [1.54, 1.807) is 32.9 Å². The Morgan fingerprint density at radius 1 is 1.12 bits per heavy atom. The molecule has 0 aliphatic carbocycles. The van der Waals surface area contributed by atoms with Crippen LogP contribution < -0.4 is 5.32 Å². The summed E-state index contributed by atoms with van der Waals surface area (Å²) < 4.78 is 40.0. The molecule has 0 atom stereocenters. The summed E-state index contributed by atoms with van der Waals surface area (Å²) in [4.78, 5) is 12.4. The second kappa shape index (κ2) is 7.76. The monoisotopic (exact) mass is 364 g/mol. The van der Waals surface area contributed by atoms with Crippen LogP contribution >= 0.6 is 0 Å². The lowest BCUT2D eigenvalue weighted by molar-refractivity contribution is 0.102. The maximum atomic E-state index is 13.6. The van der Waals surface area contributed by atoms with Gasteiger partial charge in [0.05, 0.1) is 4.90 Å². The van der Waals surface area contributed by atoms with E-state index in [4.69, 9.17) is 0 Å². The maximum Gasteiger partial charge on any atom is 0.255 e. The summed E-state index contributed by atoms with van der Waals surface area (Å²) in [5.74, 6) is -0.921. The van der Waals surface area contributed by atoms with Gasteiger partial charge in [0.1, 0.15) is 5.82 Å². The molecular formula is C18H21FN2O3S. The Hall–Kier alpha value is -2.25. The molecule has 1 N–H and O–H groups in total. The molecule has 0 fully saturated rings. The zero-order chi connectivity index (χ0) is 18.6. The molecule has 7 heteroatoms. The van der Waals surface area contributed by atoms with Crippen molar-refractivity contribution in [2.45, 2.75) is 25.7 Å². The van der Waals surface area contributed by atoms with Crippen molar-refractivity contribution in [1.82, 2.24) is 4.31 Å². The number of benzene rings is 2. The first kappa shape index (κ1) is 19.1. The fourth-order valence-electron chi connectivity index (χ4n) is 2.38. The van der Waals surface area contributed by atoms with Gasteiger partial charge in [-0.15, -0.1) is 0 Å². The van der Waals surface area contributed by atoms with Gasteiger partial charge in [0, 0.05) is 24.3 Å². The number of halogens is 1. The van der Waals surface area contributed by atoms with Crippen LogP contribution in [-0.4, -0.2) is 31.7 Å². The highest BCUT2D eigenvalue weighted by Crippen LogP contribution is 2.19. The Morgan fingerprint density at radius 2 is 1.80 bits per heavy atom. The van der Waals surface area contributed by atoms with Crippen LogP contribution in [0.5, 0.6) is 0 Å². The number of aryl methyl sites for hydroxylation is 1. The van der Waals surface area contributed by atoms with Crippen molar-refractivity contribution < 1.29 is 17.6 Å². The van der Waals surface area contributed by atoms with E-state index in [2.05, 4.69) is 5.32 Å². The number of hydrogen-bond acceptors (Lipinski definition) is 3. The number of rotatable bonds is 6. The first-order valence-corrected chi connectivity index (χ1v) is 9.41. The third kappa shape index (κ3) is 4.24. The van der Waals surface area contributed by atoms with Gasteiger partial charge in [-0.25, -0.2) is 12.8 Å². The molecule has 2 aromatic rings. The first-order chi connectivity index (χ1) is 11.8. The molecule has 0 spiro atoms. The first-order valence-electron chi connectivity index (χ1n) is 7.97. The third-order valence-corrected chi connectivity index (χ3v) is 5.92. The summed E-state index contributed by atoms with van der Waals surface area (Å²) in [7, 11) is -3.65. The minimum absolute atomic E-state index is 0.0546. The van der Waals surface area contributed by atoms with E-state index in [0.29, 0.717) is 24.3 Å². The lowest BCUT2D eigenvalue weighted by Crippen LogP contribution is -2.30. The molecule has 0 aliphatic rings. The van der Waals surface area contributed by atoms with Crippen molar-refractivity contribution in [3.63, 3.8) is 0 Å². The van der Waals surface area contributed by atoms with Crippen molar-refractivity contribution >= 4 is 21.6 Å². The Balaban J connectivity index is 2.28. The summed E-state index contributed by atoms with van der Waals surface area (Å²) in [6.07, 6.45) is 0. The minimum atomic E-state index is -3.65. The van der Waals surface area contributed by atoms with Crippen LogP contribution in [0.4, 0.5) is 10.1 Å². The van der Waals surface area contributed by atoms with E-state index in [-0.39, 0.29) is 10.5 Å². The molecule has 0 saturated carbocycles. The Bertz CT molecular complexity index is 878. The highest BCUT2D eigenvalue weighted by molar-refractivity contribution is 7.89. The molecule has 0 radical (unpaired) electrons.